The molecule has 0 aliphatic rings. The van der Waals surface area contributed by atoms with Crippen molar-refractivity contribution < 1.29 is 18.3 Å². The summed E-state index contributed by atoms with van der Waals surface area (Å²) in [5, 5.41) is 3.06. The van der Waals surface area contributed by atoms with Crippen molar-refractivity contribution >= 4 is 15.9 Å². The Labute approximate surface area is 126 Å². The van der Waals surface area contributed by atoms with Crippen LogP contribution in [-0.4, -0.2) is 40.0 Å². The molecule has 0 fully saturated rings. The Balaban J connectivity index is 2.54. The molecule has 1 rings (SSSR count). The van der Waals surface area contributed by atoms with E-state index < -0.39 is 11.6 Å². The molecule has 6 heteroatoms. The molecular formula is C14H20BrF2NO2. The zero-order chi connectivity index (χ0) is 15.0. The van der Waals surface area contributed by atoms with Gasteiger partial charge < -0.3 is 14.8 Å². The number of rotatable bonds is 9. The molecule has 0 saturated carbocycles. The minimum absolute atomic E-state index is 0.0455. The smallest absolute Gasteiger partial charge is 0.143 e. The Morgan fingerprint density at radius 3 is 2.65 bits per heavy atom. The number of likely N-dealkylation sites (N-methyl/N-ethyl adjacent to an activating group) is 1. The number of methoxy groups -OCH3 is 1. The first-order valence-corrected chi connectivity index (χ1v) is 7.25. The third-order valence-corrected chi connectivity index (χ3v) is 3.65. The predicted molar refractivity (Wildman–Crippen MR) is 77.9 cm³/mol. The van der Waals surface area contributed by atoms with Crippen LogP contribution in [0.5, 0.6) is 0 Å². The molecule has 0 aromatic heterocycles. The number of hydrogen-bond donors (Lipinski definition) is 1. The Morgan fingerprint density at radius 1 is 1.25 bits per heavy atom. The normalized spacial score (nSPS) is 12.7. The van der Waals surface area contributed by atoms with Gasteiger partial charge in [0.2, 0.25) is 0 Å². The number of benzene rings is 1. The molecule has 20 heavy (non-hydrogen) atoms. The summed E-state index contributed by atoms with van der Waals surface area (Å²) in [6, 6.07) is 2.59. The van der Waals surface area contributed by atoms with Crippen molar-refractivity contribution in [2.45, 2.75) is 18.9 Å². The molecule has 0 heterocycles. The second-order valence-electron chi connectivity index (χ2n) is 4.41. The van der Waals surface area contributed by atoms with Crippen LogP contribution in [-0.2, 0) is 15.9 Å². The van der Waals surface area contributed by atoms with Crippen molar-refractivity contribution in [2.24, 2.45) is 0 Å². The van der Waals surface area contributed by atoms with Gasteiger partial charge in [0.15, 0.2) is 0 Å². The van der Waals surface area contributed by atoms with Gasteiger partial charge >= 0.3 is 0 Å². The lowest BCUT2D eigenvalue weighted by Gasteiger charge is -2.17. The molecule has 0 spiro atoms. The molecule has 0 aliphatic heterocycles. The van der Waals surface area contributed by atoms with Gasteiger partial charge in [-0.1, -0.05) is 0 Å². The van der Waals surface area contributed by atoms with Crippen LogP contribution >= 0.6 is 15.9 Å². The average Bonchev–Trinajstić information content (AvgIpc) is 2.45. The molecule has 1 N–H and O–H groups in total. The van der Waals surface area contributed by atoms with Gasteiger partial charge in [0.05, 0.1) is 17.7 Å². The number of hydrogen-bond acceptors (Lipinski definition) is 3. The second kappa shape index (κ2) is 9.39. The van der Waals surface area contributed by atoms with Gasteiger partial charge in [-0.05, 0) is 48.0 Å². The van der Waals surface area contributed by atoms with Crippen LogP contribution in [0.2, 0.25) is 0 Å². The zero-order valence-corrected chi connectivity index (χ0v) is 13.3. The molecule has 0 saturated heterocycles. The number of halogens is 3. The maximum atomic E-state index is 13.9. The third kappa shape index (κ3) is 5.44. The summed E-state index contributed by atoms with van der Waals surface area (Å²) in [5.41, 5.74) is 0.0932. The van der Waals surface area contributed by atoms with E-state index in [1.54, 1.807) is 14.2 Å². The van der Waals surface area contributed by atoms with Gasteiger partial charge in [-0.15, -0.1) is 0 Å². The van der Waals surface area contributed by atoms with Gasteiger partial charge in [-0.2, -0.15) is 0 Å². The molecule has 3 nitrogen and oxygen atoms in total. The van der Waals surface area contributed by atoms with E-state index in [0.29, 0.717) is 26.2 Å². The van der Waals surface area contributed by atoms with Gasteiger partial charge in [-0.25, -0.2) is 8.78 Å². The average molecular weight is 352 g/mol. The summed E-state index contributed by atoms with van der Waals surface area (Å²) in [4.78, 5) is 0. The Hall–Kier alpha value is -0.560. The standard InChI is InChI=1S/C14H20BrF2NO2/c1-18-10(5-6-20-8-7-19-2)9-11-13(16)4-3-12(15)14(11)17/h3-4,10,18H,5-9H2,1-2H3. The second-order valence-corrected chi connectivity index (χ2v) is 5.26. The summed E-state index contributed by atoms with van der Waals surface area (Å²) in [5.74, 6) is -1.06. The van der Waals surface area contributed by atoms with E-state index in [4.69, 9.17) is 9.47 Å². The van der Waals surface area contributed by atoms with Crippen LogP contribution in [0, 0.1) is 11.6 Å². The lowest BCUT2D eigenvalue weighted by atomic mass is 10.0. The Bertz CT molecular complexity index is 418. The van der Waals surface area contributed by atoms with E-state index in [-0.39, 0.29) is 22.5 Å². The van der Waals surface area contributed by atoms with Crippen LogP contribution in [0.3, 0.4) is 0 Å². The van der Waals surface area contributed by atoms with Crippen LogP contribution in [0.25, 0.3) is 0 Å². The maximum Gasteiger partial charge on any atom is 0.143 e. The van der Waals surface area contributed by atoms with Crippen molar-refractivity contribution in [3.8, 4) is 0 Å². The largest absolute Gasteiger partial charge is 0.382 e. The van der Waals surface area contributed by atoms with E-state index in [1.165, 1.54) is 12.1 Å². The van der Waals surface area contributed by atoms with Crippen molar-refractivity contribution in [3.05, 3.63) is 33.8 Å². The van der Waals surface area contributed by atoms with Crippen LogP contribution in [0.4, 0.5) is 8.78 Å². The highest BCUT2D eigenvalue weighted by Gasteiger charge is 2.16. The lowest BCUT2D eigenvalue weighted by Crippen LogP contribution is -2.30. The predicted octanol–water partition coefficient (Wildman–Crippen LogP) is 2.91. The maximum absolute atomic E-state index is 13.9. The summed E-state index contributed by atoms with van der Waals surface area (Å²) in [6.07, 6.45) is 0.951. The van der Waals surface area contributed by atoms with Gasteiger partial charge in [0, 0.05) is 25.3 Å². The van der Waals surface area contributed by atoms with Crippen molar-refractivity contribution in [1.29, 1.82) is 0 Å². The fourth-order valence-corrected chi connectivity index (χ4v) is 2.19. The lowest BCUT2D eigenvalue weighted by molar-refractivity contribution is 0.0660. The highest BCUT2D eigenvalue weighted by molar-refractivity contribution is 9.10. The highest BCUT2D eigenvalue weighted by Crippen LogP contribution is 2.23. The molecule has 0 radical (unpaired) electrons. The molecule has 1 atom stereocenters. The quantitative estimate of drug-likeness (QED) is 0.548. The van der Waals surface area contributed by atoms with E-state index in [2.05, 4.69) is 21.2 Å². The molecule has 1 unspecified atom stereocenters. The summed E-state index contributed by atoms with van der Waals surface area (Å²) in [6.45, 7) is 1.58. The van der Waals surface area contributed by atoms with Crippen molar-refractivity contribution in [2.75, 3.05) is 34.0 Å². The molecule has 1 aromatic carbocycles. The molecule has 0 bridgehead atoms. The molecule has 0 aliphatic carbocycles. The number of nitrogens with one attached hydrogen (secondary N) is 1. The molecule has 114 valence electrons. The fourth-order valence-electron chi connectivity index (χ4n) is 1.82. The zero-order valence-electron chi connectivity index (χ0n) is 11.7. The molecule has 1 aromatic rings. The minimum atomic E-state index is -0.537. The van der Waals surface area contributed by atoms with Crippen molar-refractivity contribution in [3.63, 3.8) is 0 Å². The Kier molecular flexibility index (Phi) is 8.21. The van der Waals surface area contributed by atoms with Gasteiger partial charge in [-0.3, -0.25) is 0 Å². The highest BCUT2D eigenvalue weighted by atomic mass is 79.9. The SMILES string of the molecule is CNC(CCOCCOC)Cc1c(F)ccc(Br)c1F. The first-order valence-electron chi connectivity index (χ1n) is 6.46. The van der Waals surface area contributed by atoms with E-state index >= 15 is 0 Å². The van der Waals surface area contributed by atoms with Crippen LogP contribution < -0.4 is 5.32 Å². The monoisotopic (exact) mass is 351 g/mol. The van der Waals surface area contributed by atoms with Crippen LogP contribution in [0.1, 0.15) is 12.0 Å². The summed E-state index contributed by atoms with van der Waals surface area (Å²) >= 11 is 3.07. The van der Waals surface area contributed by atoms with E-state index in [9.17, 15) is 8.78 Å². The first kappa shape index (κ1) is 17.5. The molecule has 0 amide bonds. The minimum Gasteiger partial charge on any atom is -0.382 e. The topological polar surface area (TPSA) is 30.5 Å². The summed E-state index contributed by atoms with van der Waals surface area (Å²) in [7, 11) is 3.38. The summed E-state index contributed by atoms with van der Waals surface area (Å²) < 4.78 is 38.1. The number of ether oxygens (including phenoxy) is 2. The van der Waals surface area contributed by atoms with Crippen LogP contribution in [0.15, 0.2) is 16.6 Å². The van der Waals surface area contributed by atoms with E-state index in [1.807, 2.05) is 0 Å². The van der Waals surface area contributed by atoms with Crippen molar-refractivity contribution in [1.82, 2.24) is 5.32 Å². The first-order chi connectivity index (χ1) is 9.60. The fraction of sp³-hybridized carbons (Fsp3) is 0.571. The third-order valence-electron chi connectivity index (χ3n) is 3.04. The van der Waals surface area contributed by atoms with E-state index in [0.717, 1.165) is 0 Å². The van der Waals surface area contributed by atoms with Gasteiger partial charge in [0.25, 0.3) is 0 Å². The van der Waals surface area contributed by atoms with Gasteiger partial charge in [0.1, 0.15) is 11.6 Å². The molecular weight excluding hydrogens is 332 g/mol. The Morgan fingerprint density at radius 2 is 2.00 bits per heavy atom.